The van der Waals surface area contributed by atoms with Crippen LogP contribution in [0.25, 0.3) is 0 Å². The Hall–Kier alpha value is -1.55. The molecule has 0 radical (unpaired) electrons. The lowest BCUT2D eigenvalue weighted by Gasteiger charge is -2.15. The van der Waals surface area contributed by atoms with Crippen molar-refractivity contribution in [3.05, 3.63) is 29.8 Å². The number of methoxy groups -OCH3 is 1. The summed E-state index contributed by atoms with van der Waals surface area (Å²) in [5, 5.41) is 6.02. The monoisotopic (exact) mass is 264 g/mol. The number of carbonyl (C=O) groups excluding carboxylic acids is 1. The SMILES string of the molecule is CNC(C)CNC(=O)CC(C)c1ccc(OC)cc1. The van der Waals surface area contributed by atoms with Crippen LogP contribution >= 0.6 is 0 Å². The number of ether oxygens (including phenoxy) is 1. The molecule has 0 aliphatic carbocycles. The van der Waals surface area contributed by atoms with Crippen molar-refractivity contribution in [1.29, 1.82) is 0 Å². The fourth-order valence-corrected chi connectivity index (χ4v) is 1.77. The van der Waals surface area contributed by atoms with Gasteiger partial charge in [-0.15, -0.1) is 0 Å². The topological polar surface area (TPSA) is 50.4 Å². The predicted molar refractivity (Wildman–Crippen MR) is 77.6 cm³/mol. The van der Waals surface area contributed by atoms with E-state index in [1.807, 2.05) is 38.2 Å². The smallest absolute Gasteiger partial charge is 0.220 e. The van der Waals surface area contributed by atoms with Gasteiger partial charge in [0.1, 0.15) is 5.75 Å². The molecule has 0 saturated heterocycles. The van der Waals surface area contributed by atoms with E-state index in [0.717, 1.165) is 11.3 Å². The van der Waals surface area contributed by atoms with E-state index >= 15 is 0 Å². The first-order valence-electron chi connectivity index (χ1n) is 6.64. The van der Waals surface area contributed by atoms with Crippen LogP contribution in [-0.4, -0.2) is 32.7 Å². The van der Waals surface area contributed by atoms with Gasteiger partial charge in [0.2, 0.25) is 5.91 Å². The lowest BCUT2D eigenvalue weighted by atomic mass is 9.97. The highest BCUT2D eigenvalue weighted by Gasteiger charge is 2.11. The Morgan fingerprint density at radius 2 is 1.89 bits per heavy atom. The minimum atomic E-state index is 0.0884. The Bertz CT molecular complexity index is 390. The number of hydrogen-bond donors (Lipinski definition) is 2. The minimum Gasteiger partial charge on any atom is -0.497 e. The lowest BCUT2D eigenvalue weighted by molar-refractivity contribution is -0.121. The Morgan fingerprint density at radius 1 is 1.26 bits per heavy atom. The molecule has 0 aliphatic heterocycles. The molecule has 0 saturated carbocycles. The van der Waals surface area contributed by atoms with Crippen molar-refractivity contribution in [3.8, 4) is 5.75 Å². The maximum Gasteiger partial charge on any atom is 0.220 e. The van der Waals surface area contributed by atoms with Gasteiger partial charge in [0.05, 0.1) is 7.11 Å². The maximum absolute atomic E-state index is 11.8. The molecule has 0 spiro atoms. The molecule has 106 valence electrons. The van der Waals surface area contributed by atoms with Crippen LogP contribution in [0.5, 0.6) is 5.75 Å². The van der Waals surface area contributed by atoms with E-state index in [0.29, 0.717) is 19.0 Å². The van der Waals surface area contributed by atoms with Crippen molar-refractivity contribution < 1.29 is 9.53 Å². The summed E-state index contributed by atoms with van der Waals surface area (Å²) < 4.78 is 5.12. The van der Waals surface area contributed by atoms with Crippen molar-refractivity contribution >= 4 is 5.91 Å². The van der Waals surface area contributed by atoms with Crippen molar-refractivity contribution in [2.75, 3.05) is 20.7 Å². The van der Waals surface area contributed by atoms with Gasteiger partial charge in [-0.25, -0.2) is 0 Å². The fourth-order valence-electron chi connectivity index (χ4n) is 1.77. The molecule has 2 atom stereocenters. The van der Waals surface area contributed by atoms with E-state index in [2.05, 4.69) is 17.6 Å². The second kappa shape index (κ2) is 7.79. The zero-order valence-electron chi connectivity index (χ0n) is 12.2. The molecule has 2 N–H and O–H groups in total. The van der Waals surface area contributed by atoms with E-state index in [4.69, 9.17) is 4.74 Å². The summed E-state index contributed by atoms with van der Waals surface area (Å²) in [5.41, 5.74) is 1.15. The predicted octanol–water partition coefficient (Wildman–Crippen LogP) is 1.91. The van der Waals surface area contributed by atoms with Gasteiger partial charge >= 0.3 is 0 Å². The van der Waals surface area contributed by atoms with Crippen LogP contribution in [-0.2, 0) is 4.79 Å². The summed E-state index contributed by atoms with van der Waals surface area (Å²) in [6, 6.07) is 8.15. The van der Waals surface area contributed by atoms with Gasteiger partial charge in [0, 0.05) is 19.0 Å². The Balaban J connectivity index is 2.44. The molecule has 0 aromatic heterocycles. The molecule has 4 nitrogen and oxygen atoms in total. The number of hydrogen-bond acceptors (Lipinski definition) is 3. The molecule has 0 fully saturated rings. The Labute approximate surface area is 115 Å². The quantitative estimate of drug-likeness (QED) is 0.791. The maximum atomic E-state index is 11.8. The Morgan fingerprint density at radius 3 is 2.42 bits per heavy atom. The number of likely N-dealkylation sites (N-methyl/N-ethyl adjacent to an activating group) is 1. The van der Waals surface area contributed by atoms with Crippen molar-refractivity contribution in [2.45, 2.75) is 32.2 Å². The van der Waals surface area contributed by atoms with Crippen LogP contribution in [0.15, 0.2) is 24.3 Å². The molecular weight excluding hydrogens is 240 g/mol. The third kappa shape index (κ3) is 5.30. The number of nitrogens with one attached hydrogen (secondary N) is 2. The normalized spacial score (nSPS) is 13.7. The summed E-state index contributed by atoms with van der Waals surface area (Å²) in [5.74, 6) is 1.13. The molecule has 0 heterocycles. The van der Waals surface area contributed by atoms with Gasteiger partial charge in [-0.2, -0.15) is 0 Å². The molecule has 1 rings (SSSR count). The molecule has 19 heavy (non-hydrogen) atoms. The third-order valence-electron chi connectivity index (χ3n) is 3.27. The van der Waals surface area contributed by atoms with Gasteiger partial charge in [-0.05, 0) is 37.6 Å². The van der Waals surface area contributed by atoms with Crippen LogP contribution < -0.4 is 15.4 Å². The molecule has 1 amide bonds. The van der Waals surface area contributed by atoms with Crippen molar-refractivity contribution in [3.63, 3.8) is 0 Å². The third-order valence-corrected chi connectivity index (χ3v) is 3.27. The van der Waals surface area contributed by atoms with Crippen LogP contribution in [0.4, 0.5) is 0 Å². The van der Waals surface area contributed by atoms with Crippen LogP contribution in [0, 0.1) is 0 Å². The number of benzene rings is 1. The first-order valence-corrected chi connectivity index (χ1v) is 6.64. The first kappa shape index (κ1) is 15.5. The van der Waals surface area contributed by atoms with Crippen LogP contribution in [0.3, 0.4) is 0 Å². The van der Waals surface area contributed by atoms with Crippen LogP contribution in [0.1, 0.15) is 31.7 Å². The minimum absolute atomic E-state index is 0.0884. The van der Waals surface area contributed by atoms with E-state index in [9.17, 15) is 4.79 Å². The highest BCUT2D eigenvalue weighted by Crippen LogP contribution is 2.21. The average Bonchev–Trinajstić information content (AvgIpc) is 2.44. The van der Waals surface area contributed by atoms with Crippen LogP contribution in [0.2, 0.25) is 0 Å². The van der Waals surface area contributed by atoms with Gasteiger partial charge < -0.3 is 15.4 Å². The number of carbonyl (C=O) groups is 1. The zero-order valence-corrected chi connectivity index (χ0v) is 12.2. The van der Waals surface area contributed by atoms with Crippen molar-refractivity contribution in [2.24, 2.45) is 0 Å². The molecule has 1 aromatic rings. The summed E-state index contributed by atoms with van der Waals surface area (Å²) in [6.45, 7) is 4.75. The average molecular weight is 264 g/mol. The second-order valence-electron chi connectivity index (χ2n) is 4.87. The van der Waals surface area contributed by atoms with Gasteiger partial charge in [-0.3, -0.25) is 4.79 Å². The highest BCUT2D eigenvalue weighted by atomic mass is 16.5. The second-order valence-corrected chi connectivity index (χ2v) is 4.87. The van der Waals surface area contributed by atoms with E-state index in [1.54, 1.807) is 7.11 Å². The molecule has 0 aliphatic rings. The van der Waals surface area contributed by atoms with Crippen molar-refractivity contribution in [1.82, 2.24) is 10.6 Å². The van der Waals surface area contributed by atoms with E-state index in [1.165, 1.54) is 0 Å². The van der Waals surface area contributed by atoms with E-state index in [-0.39, 0.29) is 11.8 Å². The van der Waals surface area contributed by atoms with Gasteiger partial charge in [0.15, 0.2) is 0 Å². The summed E-state index contributed by atoms with van der Waals surface area (Å²) in [7, 11) is 3.53. The molecule has 4 heteroatoms. The standard InChI is InChI=1S/C15H24N2O2/c1-11(9-15(18)17-10-12(2)16-3)13-5-7-14(19-4)8-6-13/h5-8,11-12,16H,9-10H2,1-4H3,(H,17,18). The molecule has 2 unspecified atom stereocenters. The Kier molecular flexibility index (Phi) is 6.36. The van der Waals surface area contributed by atoms with E-state index < -0.39 is 0 Å². The molecule has 1 aromatic carbocycles. The molecular formula is C15H24N2O2. The largest absolute Gasteiger partial charge is 0.497 e. The summed E-state index contributed by atoms with van der Waals surface area (Å²) >= 11 is 0. The molecule has 0 bridgehead atoms. The fraction of sp³-hybridized carbons (Fsp3) is 0.533. The van der Waals surface area contributed by atoms with Gasteiger partial charge in [-0.1, -0.05) is 19.1 Å². The lowest BCUT2D eigenvalue weighted by Crippen LogP contribution is -2.37. The number of rotatable bonds is 7. The summed E-state index contributed by atoms with van der Waals surface area (Å²) in [4.78, 5) is 11.8. The highest BCUT2D eigenvalue weighted by molar-refractivity contribution is 5.76. The summed E-state index contributed by atoms with van der Waals surface area (Å²) in [6.07, 6.45) is 0.503. The first-order chi connectivity index (χ1) is 9.06. The van der Waals surface area contributed by atoms with Gasteiger partial charge in [0.25, 0.3) is 0 Å². The zero-order chi connectivity index (χ0) is 14.3. The number of amides is 1.